The molecular formula is C20H23BrN2O. The van der Waals surface area contributed by atoms with Crippen LogP contribution >= 0.6 is 15.9 Å². The maximum atomic E-state index is 12.6. The summed E-state index contributed by atoms with van der Waals surface area (Å²) in [6.45, 7) is 7.50. The van der Waals surface area contributed by atoms with Gasteiger partial charge in [0.15, 0.2) is 0 Å². The molecule has 1 heterocycles. The molecule has 0 spiro atoms. The molecule has 0 unspecified atom stereocenters. The number of piperazine rings is 1. The molecule has 0 bridgehead atoms. The molecule has 1 aliphatic rings. The molecule has 1 aliphatic heterocycles. The van der Waals surface area contributed by atoms with E-state index in [0.717, 1.165) is 36.2 Å². The number of carbonyl (C=O) groups excluding carboxylic acids is 1. The van der Waals surface area contributed by atoms with Gasteiger partial charge in [-0.25, -0.2) is 0 Å². The molecule has 0 N–H and O–H groups in total. The third kappa shape index (κ3) is 3.81. The molecule has 2 aromatic carbocycles. The van der Waals surface area contributed by atoms with Gasteiger partial charge < -0.3 is 9.80 Å². The highest BCUT2D eigenvalue weighted by Gasteiger charge is 2.21. The summed E-state index contributed by atoms with van der Waals surface area (Å²) in [7, 11) is 0. The van der Waals surface area contributed by atoms with Crippen molar-refractivity contribution < 1.29 is 4.79 Å². The molecular weight excluding hydrogens is 364 g/mol. The van der Waals surface area contributed by atoms with Crippen LogP contribution in [0.25, 0.3) is 0 Å². The second-order valence-electron chi connectivity index (χ2n) is 6.40. The van der Waals surface area contributed by atoms with Gasteiger partial charge in [0, 0.05) is 36.3 Å². The molecule has 3 rings (SSSR count). The largest absolute Gasteiger partial charge is 0.368 e. The first-order valence-corrected chi connectivity index (χ1v) is 9.17. The van der Waals surface area contributed by atoms with Crippen LogP contribution in [0.5, 0.6) is 0 Å². The standard InChI is InChI=1S/C20H23BrN2O/c1-15-5-3-4-6-17(15)13-20(24)23-11-9-22(10-12-23)18-8-7-16(2)19(21)14-18/h3-8,14H,9-13H2,1-2H3. The van der Waals surface area contributed by atoms with Gasteiger partial charge in [0.05, 0.1) is 6.42 Å². The van der Waals surface area contributed by atoms with Crippen LogP contribution in [0.4, 0.5) is 5.69 Å². The molecule has 2 aromatic rings. The zero-order chi connectivity index (χ0) is 17.1. The Morgan fingerprint density at radius 3 is 2.38 bits per heavy atom. The van der Waals surface area contributed by atoms with Crippen molar-refractivity contribution in [2.75, 3.05) is 31.1 Å². The van der Waals surface area contributed by atoms with Crippen molar-refractivity contribution in [1.82, 2.24) is 4.90 Å². The van der Waals surface area contributed by atoms with Crippen molar-refractivity contribution >= 4 is 27.5 Å². The number of benzene rings is 2. The fourth-order valence-corrected chi connectivity index (χ4v) is 3.44. The highest BCUT2D eigenvalue weighted by Crippen LogP contribution is 2.24. The summed E-state index contributed by atoms with van der Waals surface area (Å²) in [6, 6.07) is 14.6. The molecule has 126 valence electrons. The number of amides is 1. The smallest absolute Gasteiger partial charge is 0.227 e. The summed E-state index contributed by atoms with van der Waals surface area (Å²) >= 11 is 3.60. The topological polar surface area (TPSA) is 23.6 Å². The van der Waals surface area contributed by atoms with Crippen LogP contribution in [0.15, 0.2) is 46.9 Å². The highest BCUT2D eigenvalue weighted by molar-refractivity contribution is 9.10. The zero-order valence-corrected chi connectivity index (χ0v) is 15.8. The maximum Gasteiger partial charge on any atom is 0.227 e. The highest BCUT2D eigenvalue weighted by atomic mass is 79.9. The van der Waals surface area contributed by atoms with Crippen LogP contribution < -0.4 is 4.90 Å². The maximum absolute atomic E-state index is 12.6. The van der Waals surface area contributed by atoms with Crippen LogP contribution in [0.2, 0.25) is 0 Å². The molecule has 0 radical (unpaired) electrons. The van der Waals surface area contributed by atoms with E-state index in [1.807, 2.05) is 23.1 Å². The molecule has 1 amide bonds. The summed E-state index contributed by atoms with van der Waals surface area (Å²) in [6.07, 6.45) is 0.503. The molecule has 0 atom stereocenters. The molecule has 0 saturated carbocycles. The summed E-state index contributed by atoms with van der Waals surface area (Å²) in [5.41, 5.74) is 4.78. The molecule has 1 saturated heterocycles. The third-order valence-electron chi connectivity index (χ3n) is 4.76. The van der Waals surface area contributed by atoms with Crippen LogP contribution in [0, 0.1) is 13.8 Å². The molecule has 3 nitrogen and oxygen atoms in total. The van der Waals surface area contributed by atoms with Crippen molar-refractivity contribution in [3.8, 4) is 0 Å². The van der Waals surface area contributed by atoms with Crippen LogP contribution in [0.3, 0.4) is 0 Å². The number of rotatable bonds is 3. The molecule has 0 aliphatic carbocycles. The van der Waals surface area contributed by atoms with Crippen LogP contribution in [-0.4, -0.2) is 37.0 Å². The number of halogens is 1. The lowest BCUT2D eigenvalue weighted by atomic mass is 10.1. The van der Waals surface area contributed by atoms with E-state index in [4.69, 9.17) is 0 Å². The van der Waals surface area contributed by atoms with Crippen molar-refractivity contribution in [3.05, 3.63) is 63.6 Å². The van der Waals surface area contributed by atoms with Gasteiger partial charge in [-0.1, -0.05) is 46.3 Å². The first-order valence-electron chi connectivity index (χ1n) is 8.38. The average molecular weight is 387 g/mol. The monoisotopic (exact) mass is 386 g/mol. The Morgan fingerprint density at radius 1 is 1.00 bits per heavy atom. The average Bonchev–Trinajstić information content (AvgIpc) is 2.59. The van der Waals surface area contributed by atoms with Crippen molar-refractivity contribution in [2.24, 2.45) is 0 Å². The van der Waals surface area contributed by atoms with E-state index in [9.17, 15) is 4.79 Å². The predicted octanol–water partition coefficient (Wildman–Crippen LogP) is 3.96. The lowest BCUT2D eigenvalue weighted by molar-refractivity contribution is -0.130. The lowest BCUT2D eigenvalue weighted by Gasteiger charge is -2.36. The lowest BCUT2D eigenvalue weighted by Crippen LogP contribution is -2.49. The predicted molar refractivity (Wildman–Crippen MR) is 103 cm³/mol. The fraction of sp³-hybridized carbons (Fsp3) is 0.350. The number of nitrogens with zero attached hydrogens (tertiary/aromatic N) is 2. The van der Waals surface area contributed by atoms with E-state index in [-0.39, 0.29) is 5.91 Å². The van der Waals surface area contributed by atoms with Crippen molar-refractivity contribution in [3.63, 3.8) is 0 Å². The van der Waals surface area contributed by atoms with Crippen molar-refractivity contribution in [2.45, 2.75) is 20.3 Å². The molecule has 0 aromatic heterocycles. The number of hydrogen-bond acceptors (Lipinski definition) is 2. The second kappa shape index (κ2) is 7.39. The Hall–Kier alpha value is -1.81. The first-order chi connectivity index (χ1) is 11.5. The number of anilines is 1. The van der Waals surface area contributed by atoms with E-state index in [2.05, 4.69) is 58.9 Å². The summed E-state index contributed by atoms with van der Waals surface area (Å²) < 4.78 is 1.14. The Balaban J connectivity index is 1.59. The summed E-state index contributed by atoms with van der Waals surface area (Å²) in [5.74, 6) is 0.231. The molecule has 4 heteroatoms. The fourth-order valence-electron chi connectivity index (χ4n) is 3.08. The Bertz CT molecular complexity index is 736. The third-order valence-corrected chi connectivity index (χ3v) is 5.61. The van der Waals surface area contributed by atoms with E-state index >= 15 is 0 Å². The van der Waals surface area contributed by atoms with Gasteiger partial charge in [-0.15, -0.1) is 0 Å². The van der Waals surface area contributed by atoms with Gasteiger partial charge in [-0.3, -0.25) is 4.79 Å². The minimum Gasteiger partial charge on any atom is -0.368 e. The zero-order valence-electron chi connectivity index (χ0n) is 14.3. The Kier molecular flexibility index (Phi) is 5.24. The number of hydrogen-bond donors (Lipinski definition) is 0. The summed E-state index contributed by atoms with van der Waals surface area (Å²) in [5, 5.41) is 0. The molecule has 24 heavy (non-hydrogen) atoms. The summed E-state index contributed by atoms with van der Waals surface area (Å²) in [4.78, 5) is 16.9. The van der Waals surface area contributed by atoms with Gasteiger partial charge >= 0.3 is 0 Å². The normalized spacial score (nSPS) is 14.8. The number of carbonyl (C=O) groups is 1. The van der Waals surface area contributed by atoms with E-state index in [0.29, 0.717) is 6.42 Å². The quantitative estimate of drug-likeness (QED) is 0.796. The van der Waals surface area contributed by atoms with Gasteiger partial charge in [0.1, 0.15) is 0 Å². The Morgan fingerprint density at radius 2 is 1.71 bits per heavy atom. The van der Waals surface area contributed by atoms with E-state index in [1.54, 1.807) is 0 Å². The van der Waals surface area contributed by atoms with Gasteiger partial charge in [0.25, 0.3) is 0 Å². The SMILES string of the molecule is Cc1ccc(N2CCN(C(=O)Cc3ccccc3C)CC2)cc1Br. The van der Waals surface area contributed by atoms with Crippen molar-refractivity contribution in [1.29, 1.82) is 0 Å². The number of aryl methyl sites for hydroxylation is 2. The second-order valence-corrected chi connectivity index (χ2v) is 7.26. The van der Waals surface area contributed by atoms with Gasteiger partial charge in [-0.05, 0) is 42.7 Å². The first kappa shape index (κ1) is 17.0. The minimum absolute atomic E-state index is 0.231. The van der Waals surface area contributed by atoms with Gasteiger partial charge in [0.2, 0.25) is 5.91 Å². The minimum atomic E-state index is 0.231. The van der Waals surface area contributed by atoms with E-state index < -0.39 is 0 Å². The molecule has 1 fully saturated rings. The van der Waals surface area contributed by atoms with Crippen LogP contribution in [-0.2, 0) is 11.2 Å². The van der Waals surface area contributed by atoms with Gasteiger partial charge in [-0.2, -0.15) is 0 Å². The van der Waals surface area contributed by atoms with E-state index in [1.165, 1.54) is 16.8 Å². The van der Waals surface area contributed by atoms with Crippen LogP contribution in [0.1, 0.15) is 16.7 Å². The Labute approximate surface area is 152 Å².